The first-order chi connectivity index (χ1) is 11.7. The van der Waals surface area contributed by atoms with Gasteiger partial charge in [-0.25, -0.2) is 9.78 Å². The number of ether oxygens (including phenoxy) is 2. The molecular formula is C17H16N4O3. The highest BCUT2D eigenvalue weighted by atomic mass is 16.5. The molecule has 24 heavy (non-hydrogen) atoms. The molecule has 0 bridgehead atoms. The molecule has 0 fully saturated rings. The molecule has 0 aliphatic rings. The number of hydrogen-bond donors (Lipinski definition) is 2. The van der Waals surface area contributed by atoms with Gasteiger partial charge < -0.3 is 19.4 Å². The van der Waals surface area contributed by atoms with Crippen LogP contribution in [0.5, 0.6) is 11.5 Å². The molecule has 0 aliphatic heterocycles. The highest BCUT2D eigenvalue weighted by Crippen LogP contribution is 2.27. The first-order valence-electron chi connectivity index (χ1n) is 7.47. The second-order valence-corrected chi connectivity index (χ2v) is 5.45. The highest BCUT2D eigenvalue weighted by molar-refractivity contribution is 6.00. The minimum absolute atomic E-state index is 0.189. The molecule has 4 aromatic rings. The molecule has 4 rings (SSSR count). The Morgan fingerprint density at radius 2 is 2.08 bits per heavy atom. The predicted octanol–water partition coefficient (Wildman–Crippen LogP) is 2.27. The molecule has 0 spiro atoms. The summed E-state index contributed by atoms with van der Waals surface area (Å²) >= 11 is 0. The number of aromatic amines is 2. The molecule has 0 atom stereocenters. The summed E-state index contributed by atoms with van der Waals surface area (Å²) in [4.78, 5) is 22.7. The van der Waals surface area contributed by atoms with Crippen molar-refractivity contribution in [1.82, 2.24) is 19.5 Å². The number of H-pyrrole nitrogens is 2. The van der Waals surface area contributed by atoms with Crippen molar-refractivity contribution in [2.24, 2.45) is 0 Å². The summed E-state index contributed by atoms with van der Waals surface area (Å²) in [6.45, 7) is 0.365. The smallest absolute Gasteiger partial charge is 0.326 e. The van der Waals surface area contributed by atoms with E-state index < -0.39 is 0 Å². The Kier molecular flexibility index (Phi) is 3.26. The highest BCUT2D eigenvalue weighted by Gasteiger charge is 2.14. The molecule has 1 aromatic carbocycles. The number of methoxy groups -OCH3 is 2. The van der Waals surface area contributed by atoms with Crippen LogP contribution in [0.1, 0.15) is 5.56 Å². The second kappa shape index (κ2) is 5.45. The fraction of sp³-hybridized carbons (Fsp3) is 0.176. The molecule has 3 aromatic heterocycles. The number of benzene rings is 1. The fourth-order valence-corrected chi connectivity index (χ4v) is 2.99. The van der Waals surface area contributed by atoms with Crippen LogP contribution in [-0.2, 0) is 6.54 Å². The molecule has 0 unspecified atom stereocenters. The third-order valence-corrected chi connectivity index (χ3v) is 4.13. The molecule has 3 heterocycles. The van der Waals surface area contributed by atoms with Crippen LogP contribution >= 0.6 is 0 Å². The molecular weight excluding hydrogens is 308 g/mol. The first-order valence-corrected chi connectivity index (χ1v) is 7.47. The van der Waals surface area contributed by atoms with E-state index in [0.717, 1.165) is 22.1 Å². The van der Waals surface area contributed by atoms with Crippen LogP contribution < -0.4 is 15.2 Å². The lowest BCUT2D eigenvalue weighted by Crippen LogP contribution is -2.17. The van der Waals surface area contributed by atoms with Crippen LogP contribution in [0.2, 0.25) is 0 Å². The number of imidazole rings is 1. The van der Waals surface area contributed by atoms with Crippen molar-refractivity contribution in [3.63, 3.8) is 0 Å². The number of hydrogen-bond acceptors (Lipinski definition) is 4. The lowest BCUT2D eigenvalue weighted by atomic mass is 10.1. The molecule has 0 aliphatic carbocycles. The van der Waals surface area contributed by atoms with Crippen LogP contribution in [0.25, 0.3) is 22.1 Å². The van der Waals surface area contributed by atoms with Gasteiger partial charge in [0.15, 0.2) is 0 Å². The zero-order valence-corrected chi connectivity index (χ0v) is 13.3. The summed E-state index contributed by atoms with van der Waals surface area (Å²) in [6.07, 6.45) is 3.47. The normalized spacial score (nSPS) is 11.2. The van der Waals surface area contributed by atoms with E-state index in [-0.39, 0.29) is 5.69 Å². The zero-order chi connectivity index (χ0) is 16.7. The van der Waals surface area contributed by atoms with Crippen molar-refractivity contribution >= 4 is 22.1 Å². The molecule has 2 N–H and O–H groups in total. The lowest BCUT2D eigenvalue weighted by Gasteiger charge is -2.11. The maximum absolute atomic E-state index is 12.5. The van der Waals surface area contributed by atoms with Crippen molar-refractivity contribution in [3.8, 4) is 11.5 Å². The van der Waals surface area contributed by atoms with E-state index >= 15 is 0 Å². The van der Waals surface area contributed by atoms with Gasteiger partial charge in [-0.15, -0.1) is 0 Å². The molecule has 0 radical (unpaired) electrons. The Morgan fingerprint density at radius 3 is 2.88 bits per heavy atom. The molecule has 122 valence electrons. The van der Waals surface area contributed by atoms with E-state index in [0.29, 0.717) is 23.6 Å². The third-order valence-electron chi connectivity index (χ3n) is 4.13. The number of rotatable bonds is 4. The maximum Gasteiger partial charge on any atom is 0.326 e. The molecule has 0 saturated heterocycles. The minimum atomic E-state index is -0.189. The van der Waals surface area contributed by atoms with Gasteiger partial charge in [0.1, 0.15) is 17.1 Å². The van der Waals surface area contributed by atoms with E-state index in [1.807, 2.05) is 30.5 Å². The molecule has 7 nitrogen and oxygen atoms in total. The van der Waals surface area contributed by atoms with Crippen LogP contribution in [-0.4, -0.2) is 33.7 Å². The predicted molar refractivity (Wildman–Crippen MR) is 90.9 cm³/mol. The Hall–Kier alpha value is -3.22. The summed E-state index contributed by atoms with van der Waals surface area (Å²) < 4.78 is 12.4. The number of aromatic nitrogens is 4. The Balaban J connectivity index is 1.93. The first kappa shape index (κ1) is 14.4. The van der Waals surface area contributed by atoms with Gasteiger partial charge in [-0.2, -0.15) is 0 Å². The van der Waals surface area contributed by atoms with E-state index in [2.05, 4.69) is 15.0 Å². The summed E-state index contributed by atoms with van der Waals surface area (Å²) in [5.41, 5.74) is 2.93. The zero-order valence-electron chi connectivity index (χ0n) is 13.3. The van der Waals surface area contributed by atoms with E-state index in [4.69, 9.17) is 9.47 Å². The van der Waals surface area contributed by atoms with Crippen molar-refractivity contribution < 1.29 is 9.47 Å². The topological polar surface area (TPSA) is 84.9 Å². The Labute approximate surface area is 136 Å². The van der Waals surface area contributed by atoms with Crippen LogP contribution in [0, 0.1) is 0 Å². The van der Waals surface area contributed by atoms with Gasteiger partial charge in [0.05, 0.1) is 38.0 Å². The van der Waals surface area contributed by atoms with Gasteiger partial charge in [0, 0.05) is 17.1 Å². The quantitative estimate of drug-likeness (QED) is 0.603. The van der Waals surface area contributed by atoms with Crippen molar-refractivity contribution in [3.05, 3.63) is 52.7 Å². The van der Waals surface area contributed by atoms with Crippen molar-refractivity contribution in [2.45, 2.75) is 6.54 Å². The summed E-state index contributed by atoms with van der Waals surface area (Å²) in [7, 11) is 3.22. The van der Waals surface area contributed by atoms with Gasteiger partial charge in [-0.3, -0.25) is 4.57 Å². The van der Waals surface area contributed by atoms with Crippen LogP contribution in [0.4, 0.5) is 0 Å². The van der Waals surface area contributed by atoms with Gasteiger partial charge in [-0.05, 0) is 24.3 Å². The standard InChI is InChI=1S/C17H16N4O3/c1-23-11-3-4-14(24-2)10(7-11)9-21-15-12-5-6-18-16(12)19-8-13(15)20-17(21)22/h3-8H,9H2,1-2H3,(H,18,19)(H,20,22). The summed E-state index contributed by atoms with van der Waals surface area (Å²) in [5.74, 6) is 1.42. The van der Waals surface area contributed by atoms with Gasteiger partial charge in [0.2, 0.25) is 0 Å². The summed E-state index contributed by atoms with van der Waals surface area (Å²) in [5, 5.41) is 0.896. The third kappa shape index (κ3) is 2.13. The Bertz CT molecular complexity index is 1090. The molecule has 0 amide bonds. The monoisotopic (exact) mass is 324 g/mol. The number of nitrogens with one attached hydrogen (secondary N) is 2. The van der Waals surface area contributed by atoms with Gasteiger partial charge in [0.25, 0.3) is 0 Å². The molecule has 0 saturated carbocycles. The van der Waals surface area contributed by atoms with E-state index in [1.54, 1.807) is 25.0 Å². The summed E-state index contributed by atoms with van der Waals surface area (Å²) in [6, 6.07) is 7.45. The number of fused-ring (bicyclic) bond motifs is 3. The van der Waals surface area contributed by atoms with Gasteiger partial charge in [-0.1, -0.05) is 0 Å². The minimum Gasteiger partial charge on any atom is -0.497 e. The van der Waals surface area contributed by atoms with Crippen molar-refractivity contribution in [1.29, 1.82) is 0 Å². The largest absolute Gasteiger partial charge is 0.497 e. The lowest BCUT2D eigenvalue weighted by molar-refractivity contribution is 0.397. The average Bonchev–Trinajstić information content (AvgIpc) is 3.19. The second-order valence-electron chi connectivity index (χ2n) is 5.45. The fourth-order valence-electron chi connectivity index (χ4n) is 2.99. The SMILES string of the molecule is COc1ccc(OC)c(Cn2c(=O)[nH]c3cnc4[nH]ccc4c32)c1. The van der Waals surface area contributed by atoms with Crippen molar-refractivity contribution in [2.75, 3.05) is 14.2 Å². The Morgan fingerprint density at radius 1 is 1.21 bits per heavy atom. The molecule has 7 heteroatoms. The van der Waals surface area contributed by atoms with Crippen LogP contribution in [0.3, 0.4) is 0 Å². The van der Waals surface area contributed by atoms with E-state index in [1.165, 1.54) is 0 Å². The van der Waals surface area contributed by atoms with Crippen LogP contribution in [0.15, 0.2) is 41.5 Å². The maximum atomic E-state index is 12.5. The number of nitrogens with zero attached hydrogens (tertiary/aromatic N) is 2. The number of pyridine rings is 1. The average molecular weight is 324 g/mol. The van der Waals surface area contributed by atoms with Gasteiger partial charge >= 0.3 is 5.69 Å². The van der Waals surface area contributed by atoms with E-state index in [9.17, 15) is 4.79 Å².